The molecule has 1 fully saturated rings. The van der Waals surface area contributed by atoms with Gasteiger partial charge in [-0.05, 0) is 47.8 Å². The first-order chi connectivity index (χ1) is 16.5. The van der Waals surface area contributed by atoms with Crippen LogP contribution in [0.5, 0.6) is 0 Å². The van der Waals surface area contributed by atoms with Gasteiger partial charge in [-0.2, -0.15) is 5.10 Å². The van der Waals surface area contributed by atoms with Crippen LogP contribution in [0.3, 0.4) is 0 Å². The van der Waals surface area contributed by atoms with Crippen LogP contribution >= 0.6 is 0 Å². The Morgan fingerprint density at radius 3 is 2.79 bits per heavy atom. The number of aromatic nitrogens is 2. The van der Waals surface area contributed by atoms with Crippen molar-refractivity contribution in [2.45, 2.75) is 45.0 Å². The molecule has 8 heteroatoms. The molecule has 0 saturated carbocycles. The molecule has 1 amide bonds. The van der Waals surface area contributed by atoms with E-state index in [2.05, 4.69) is 27.8 Å². The maximum atomic E-state index is 12.2. The average molecular weight is 462 g/mol. The predicted molar refractivity (Wildman–Crippen MR) is 130 cm³/mol. The van der Waals surface area contributed by atoms with Gasteiger partial charge in [-0.15, -0.1) is 0 Å². The molecule has 4 aliphatic rings. The zero-order valence-corrected chi connectivity index (χ0v) is 19.8. The third kappa shape index (κ3) is 3.52. The number of aliphatic hydroxyl groups is 1. The summed E-state index contributed by atoms with van der Waals surface area (Å²) in [5.74, 6) is 1.10. The Morgan fingerprint density at radius 1 is 1.21 bits per heavy atom. The Bertz CT molecular complexity index is 1200. The van der Waals surface area contributed by atoms with E-state index in [4.69, 9.17) is 9.84 Å². The Kier molecular flexibility index (Phi) is 5.22. The maximum absolute atomic E-state index is 12.2. The molecule has 6 rings (SSSR count). The first-order valence-electron chi connectivity index (χ1n) is 12.1. The summed E-state index contributed by atoms with van der Waals surface area (Å²) in [5.41, 5.74) is 7.18. The molecule has 8 nitrogen and oxygen atoms in total. The van der Waals surface area contributed by atoms with Gasteiger partial charge in [0.05, 0.1) is 25.8 Å². The van der Waals surface area contributed by atoms with Crippen LogP contribution in [0.1, 0.15) is 41.8 Å². The van der Waals surface area contributed by atoms with Gasteiger partial charge in [0.15, 0.2) is 5.82 Å². The molecule has 1 saturated heterocycles. The standard InChI is InChI=1S/C26H31N5O3/c1-17(32)29-11-9-24-22(14-29)26(27-31(24)21-15-34-16-21)30-10-3-4-19-12-18(5-7-23(19)30)20-6-8-25(33)28(2)13-20/h5-8,12-13,21,25,33H,3-4,9-11,14-16H2,1-2H3. The fourth-order valence-electron chi connectivity index (χ4n) is 5.41. The molecule has 5 heterocycles. The zero-order valence-electron chi connectivity index (χ0n) is 19.8. The number of hydrogen-bond acceptors (Lipinski definition) is 6. The maximum Gasteiger partial charge on any atom is 0.219 e. The number of fused-ring (bicyclic) bond motifs is 2. The largest absolute Gasteiger partial charge is 0.377 e. The minimum Gasteiger partial charge on any atom is -0.377 e. The lowest BCUT2D eigenvalue weighted by molar-refractivity contribution is -0.129. The molecule has 1 unspecified atom stereocenters. The highest BCUT2D eigenvalue weighted by atomic mass is 16.5. The third-order valence-electron chi connectivity index (χ3n) is 7.47. The van der Waals surface area contributed by atoms with E-state index in [-0.39, 0.29) is 11.9 Å². The topological polar surface area (TPSA) is 74.1 Å². The molecule has 0 aliphatic carbocycles. The second-order valence-electron chi connectivity index (χ2n) is 9.70. The molecule has 1 N–H and O–H groups in total. The van der Waals surface area contributed by atoms with E-state index < -0.39 is 6.23 Å². The summed E-state index contributed by atoms with van der Waals surface area (Å²) in [6, 6.07) is 6.92. The van der Waals surface area contributed by atoms with Gasteiger partial charge in [-0.25, -0.2) is 0 Å². The number of nitrogens with zero attached hydrogens (tertiary/aromatic N) is 5. The van der Waals surface area contributed by atoms with E-state index in [1.54, 1.807) is 6.92 Å². The van der Waals surface area contributed by atoms with E-state index >= 15 is 0 Å². The van der Waals surface area contributed by atoms with E-state index in [1.165, 1.54) is 22.5 Å². The number of amides is 1. The van der Waals surface area contributed by atoms with Crippen molar-refractivity contribution in [1.29, 1.82) is 0 Å². The lowest BCUT2D eigenvalue weighted by Crippen LogP contribution is -2.37. The van der Waals surface area contributed by atoms with Crippen LogP contribution in [0, 0.1) is 0 Å². The predicted octanol–water partition coefficient (Wildman–Crippen LogP) is 2.60. The normalized spacial score (nSPS) is 22.3. The van der Waals surface area contributed by atoms with Gasteiger partial charge in [0.25, 0.3) is 0 Å². The molecule has 1 aromatic carbocycles. The molecule has 1 atom stereocenters. The Balaban J connectivity index is 1.38. The molecule has 34 heavy (non-hydrogen) atoms. The van der Waals surface area contributed by atoms with Gasteiger partial charge >= 0.3 is 0 Å². The molecular weight excluding hydrogens is 430 g/mol. The van der Waals surface area contributed by atoms with E-state index in [0.29, 0.717) is 19.8 Å². The fourth-order valence-corrected chi connectivity index (χ4v) is 5.41. The molecule has 0 bridgehead atoms. The number of aryl methyl sites for hydroxylation is 1. The van der Waals surface area contributed by atoms with Crippen LogP contribution in [0.25, 0.3) is 5.57 Å². The van der Waals surface area contributed by atoms with Crippen molar-refractivity contribution in [2.75, 3.05) is 38.3 Å². The Hall–Kier alpha value is -3.10. The Labute approximate surface area is 199 Å². The molecule has 178 valence electrons. The summed E-state index contributed by atoms with van der Waals surface area (Å²) in [7, 11) is 1.88. The van der Waals surface area contributed by atoms with Gasteiger partial charge in [0, 0.05) is 56.6 Å². The van der Waals surface area contributed by atoms with Crippen molar-refractivity contribution < 1.29 is 14.6 Å². The van der Waals surface area contributed by atoms with Crippen molar-refractivity contribution in [2.24, 2.45) is 0 Å². The van der Waals surface area contributed by atoms with Crippen molar-refractivity contribution in [3.63, 3.8) is 0 Å². The summed E-state index contributed by atoms with van der Waals surface area (Å²) in [4.78, 5) is 18.3. The third-order valence-corrected chi connectivity index (χ3v) is 7.47. The van der Waals surface area contributed by atoms with Gasteiger partial charge in [0.2, 0.25) is 5.91 Å². The van der Waals surface area contributed by atoms with Crippen LogP contribution in [0.15, 0.2) is 36.6 Å². The van der Waals surface area contributed by atoms with Gasteiger partial charge in [-0.3, -0.25) is 9.48 Å². The number of ether oxygens (including phenoxy) is 1. The van der Waals surface area contributed by atoms with E-state index in [0.717, 1.165) is 49.3 Å². The second-order valence-corrected chi connectivity index (χ2v) is 9.70. The number of rotatable bonds is 3. The highest BCUT2D eigenvalue weighted by Crippen LogP contribution is 2.40. The number of anilines is 2. The molecular formula is C26H31N5O3. The first kappa shape index (κ1) is 21.4. The number of aliphatic hydroxyl groups excluding tert-OH is 1. The van der Waals surface area contributed by atoms with Crippen LogP contribution in [-0.2, 0) is 28.9 Å². The van der Waals surface area contributed by atoms with Crippen LogP contribution < -0.4 is 4.90 Å². The minimum absolute atomic E-state index is 0.115. The van der Waals surface area contributed by atoms with Crippen molar-refractivity contribution in [3.05, 3.63) is 58.9 Å². The van der Waals surface area contributed by atoms with Gasteiger partial charge < -0.3 is 24.5 Å². The summed E-state index contributed by atoms with van der Waals surface area (Å²) in [5, 5.41) is 15.1. The Morgan fingerprint density at radius 2 is 2.06 bits per heavy atom. The summed E-state index contributed by atoms with van der Waals surface area (Å²) >= 11 is 0. The number of hydrogen-bond donors (Lipinski definition) is 1. The smallest absolute Gasteiger partial charge is 0.219 e. The van der Waals surface area contributed by atoms with Crippen LogP contribution in [0.2, 0.25) is 0 Å². The molecule has 0 spiro atoms. The molecule has 4 aliphatic heterocycles. The number of allylic oxidation sites excluding steroid dienone is 2. The monoisotopic (exact) mass is 461 g/mol. The van der Waals surface area contributed by atoms with Gasteiger partial charge in [0.1, 0.15) is 6.23 Å². The SMILES string of the molecule is CC(=O)N1CCc2c(c(N3CCCc4cc(C5=CN(C)C(O)C=C5)ccc43)nn2C2COC2)C1. The lowest BCUT2D eigenvalue weighted by Gasteiger charge is -2.33. The van der Waals surface area contributed by atoms with Crippen molar-refractivity contribution in [3.8, 4) is 0 Å². The number of carbonyl (C=O) groups is 1. The number of carbonyl (C=O) groups excluding carboxylic acids is 1. The number of benzene rings is 1. The summed E-state index contributed by atoms with van der Waals surface area (Å²) < 4.78 is 7.64. The average Bonchev–Trinajstić information content (AvgIpc) is 3.17. The lowest BCUT2D eigenvalue weighted by atomic mass is 9.95. The minimum atomic E-state index is -0.575. The first-order valence-corrected chi connectivity index (χ1v) is 12.1. The molecule has 2 aromatic rings. The highest BCUT2D eigenvalue weighted by Gasteiger charge is 2.34. The second kappa shape index (κ2) is 8.29. The van der Waals surface area contributed by atoms with E-state index in [9.17, 15) is 9.90 Å². The van der Waals surface area contributed by atoms with Crippen LogP contribution in [0.4, 0.5) is 11.5 Å². The fraction of sp³-hybridized carbons (Fsp3) is 0.462. The molecule has 1 aromatic heterocycles. The quantitative estimate of drug-likeness (QED) is 0.758. The zero-order chi connectivity index (χ0) is 23.4. The highest BCUT2D eigenvalue weighted by molar-refractivity contribution is 5.79. The van der Waals surface area contributed by atoms with Crippen molar-refractivity contribution in [1.82, 2.24) is 19.6 Å². The summed E-state index contributed by atoms with van der Waals surface area (Å²) in [6.07, 6.45) is 8.11. The molecule has 0 radical (unpaired) electrons. The van der Waals surface area contributed by atoms with Crippen LogP contribution in [-0.4, -0.2) is 70.2 Å². The van der Waals surface area contributed by atoms with E-state index in [1.807, 2.05) is 35.2 Å². The number of likely N-dealkylation sites (N-methyl/N-ethyl adjacent to an activating group) is 1. The van der Waals surface area contributed by atoms with Gasteiger partial charge in [-0.1, -0.05) is 12.1 Å². The van der Waals surface area contributed by atoms with Crippen molar-refractivity contribution >= 4 is 23.0 Å². The summed E-state index contributed by atoms with van der Waals surface area (Å²) in [6.45, 7) is 5.33.